The second kappa shape index (κ2) is 12.8. The number of hydroxylamine groups is 1. The summed E-state index contributed by atoms with van der Waals surface area (Å²) in [6.07, 6.45) is 2.20. The zero-order valence-corrected chi connectivity index (χ0v) is 24.2. The smallest absolute Gasteiger partial charge is 0.351 e. The third-order valence-electron chi connectivity index (χ3n) is 5.92. The quantitative estimate of drug-likeness (QED) is 0.187. The number of aryl methyl sites for hydroxylation is 1. The van der Waals surface area contributed by atoms with Gasteiger partial charge >= 0.3 is 6.03 Å². The first kappa shape index (κ1) is 30.8. The summed E-state index contributed by atoms with van der Waals surface area (Å²) in [6, 6.07) is 8.52. The fourth-order valence-electron chi connectivity index (χ4n) is 4.12. The Kier molecular flexibility index (Phi) is 9.41. The van der Waals surface area contributed by atoms with Crippen molar-refractivity contribution in [2.45, 2.75) is 13.5 Å². The number of hydrogen-bond donors (Lipinski definition) is 2. The molecule has 2 heterocycles. The van der Waals surface area contributed by atoms with Crippen molar-refractivity contribution < 1.29 is 31.0 Å². The van der Waals surface area contributed by atoms with Gasteiger partial charge in [-0.3, -0.25) is 4.79 Å². The largest absolute Gasteiger partial charge is 0.383 e. The summed E-state index contributed by atoms with van der Waals surface area (Å²) < 4.78 is 64.3. The molecular formula is C27H26ClF2N5O6S. The van der Waals surface area contributed by atoms with Gasteiger partial charge in [0.1, 0.15) is 17.3 Å². The first-order valence-electron chi connectivity index (χ1n) is 12.4. The molecule has 222 valence electrons. The number of anilines is 3. The predicted molar refractivity (Wildman–Crippen MR) is 156 cm³/mol. The lowest BCUT2D eigenvalue weighted by Gasteiger charge is -2.22. The highest BCUT2D eigenvalue weighted by atomic mass is 35.5. The van der Waals surface area contributed by atoms with Crippen LogP contribution in [0.1, 0.15) is 6.92 Å². The van der Waals surface area contributed by atoms with Gasteiger partial charge in [-0.25, -0.2) is 18.6 Å². The number of nitrogens with one attached hydrogen (secondary N) is 2. The van der Waals surface area contributed by atoms with E-state index in [0.29, 0.717) is 36.1 Å². The minimum Gasteiger partial charge on any atom is -0.383 e. The Bertz CT molecular complexity index is 1820. The van der Waals surface area contributed by atoms with Crippen molar-refractivity contribution >= 4 is 55.8 Å². The number of ether oxygens (including phenoxy) is 1. The normalized spacial score (nSPS) is 11.5. The average molecular weight is 622 g/mol. The van der Waals surface area contributed by atoms with E-state index in [2.05, 4.69) is 15.6 Å². The van der Waals surface area contributed by atoms with Gasteiger partial charge in [-0.2, -0.15) is 8.42 Å². The summed E-state index contributed by atoms with van der Waals surface area (Å²) in [4.78, 5) is 31.1. The van der Waals surface area contributed by atoms with Crippen LogP contribution in [0.15, 0.2) is 59.5 Å². The van der Waals surface area contributed by atoms with E-state index in [1.165, 1.54) is 22.8 Å². The number of benzene rings is 2. The molecule has 2 amide bonds. The number of amides is 2. The molecule has 0 unspecified atom stereocenters. The SMILES string of the molecule is CCn1c(=O)c(-c2cc(N(OS(C)(=O)=O)C(=O)Nc3cccc(F)c3)c(F)cc2Cl)cc2cnc(NCCOC)cc21. The molecule has 4 aromatic rings. The number of carbonyl (C=O) groups is 1. The summed E-state index contributed by atoms with van der Waals surface area (Å²) in [7, 11) is -2.81. The second-order valence-electron chi connectivity index (χ2n) is 8.95. The van der Waals surface area contributed by atoms with E-state index in [-0.39, 0.29) is 33.4 Å². The van der Waals surface area contributed by atoms with Gasteiger partial charge in [0.15, 0.2) is 5.82 Å². The molecule has 2 aromatic heterocycles. The van der Waals surface area contributed by atoms with Gasteiger partial charge in [0.2, 0.25) is 0 Å². The van der Waals surface area contributed by atoms with Gasteiger partial charge in [0.05, 0.1) is 23.4 Å². The van der Waals surface area contributed by atoms with Crippen molar-refractivity contribution in [2.24, 2.45) is 0 Å². The first-order chi connectivity index (χ1) is 19.9. The molecule has 0 aliphatic carbocycles. The lowest BCUT2D eigenvalue weighted by Crippen LogP contribution is -2.37. The van der Waals surface area contributed by atoms with Crippen LogP contribution in [0.5, 0.6) is 0 Å². The van der Waals surface area contributed by atoms with Crippen molar-refractivity contribution in [2.75, 3.05) is 42.2 Å². The van der Waals surface area contributed by atoms with E-state index < -0.39 is 39.0 Å². The number of urea groups is 1. The molecule has 2 aromatic carbocycles. The topological polar surface area (TPSA) is 132 Å². The summed E-state index contributed by atoms with van der Waals surface area (Å²) in [5.41, 5.74) is -0.630. The lowest BCUT2D eigenvalue weighted by molar-refractivity contribution is 0.210. The third-order valence-corrected chi connectivity index (χ3v) is 6.65. The van der Waals surface area contributed by atoms with Gasteiger partial charge in [-0.15, -0.1) is 9.35 Å². The highest BCUT2D eigenvalue weighted by Crippen LogP contribution is 2.35. The molecule has 0 bridgehead atoms. The van der Waals surface area contributed by atoms with Crippen molar-refractivity contribution in [3.63, 3.8) is 0 Å². The highest BCUT2D eigenvalue weighted by molar-refractivity contribution is 7.86. The van der Waals surface area contributed by atoms with E-state index in [0.717, 1.165) is 24.3 Å². The number of aromatic nitrogens is 2. The van der Waals surface area contributed by atoms with Crippen LogP contribution in [0.3, 0.4) is 0 Å². The maximum atomic E-state index is 15.3. The van der Waals surface area contributed by atoms with E-state index in [1.54, 1.807) is 26.3 Å². The fourth-order valence-corrected chi connectivity index (χ4v) is 4.79. The van der Waals surface area contributed by atoms with Crippen LogP contribution in [0.2, 0.25) is 5.02 Å². The number of methoxy groups -OCH3 is 1. The van der Waals surface area contributed by atoms with Crippen LogP contribution in [0.4, 0.5) is 30.8 Å². The number of nitrogens with zero attached hydrogens (tertiary/aromatic N) is 3. The van der Waals surface area contributed by atoms with Gasteiger partial charge in [0.25, 0.3) is 15.7 Å². The lowest BCUT2D eigenvalue weighted by atomic mass is 10.0. The average Bonchev–Trinajstić information content (AvgIpc) is 2.92. The van der Waals surface area contributed by atoms with Crippen molar-refractivity contribution in [3.8, 4) is 11.1 Å². The fraction of sp³-hybridized carbons (Fsp3) is 0.222. The molecule has 42 heavy (non-hydrogen) atoms. The molecule has 2 N–H and O–H groups in total. The number of pyridine rings is 2. The van der Waals surface area contributed by atoms with Gasteiger partial charge < -0.3 is 19.9 Å². The minimum absolute atomic E-state index is 0.00915. The maximum Gasteiger partial charge on any atom is 0.351 e. The monoisotopic (exact) mass is 621 g/mol. The van der Waals surface area contributed by atoms with Gasteiger partial charge in [0, 0.05) is 54.7 Å². The molecule has 0 saturated carbocycles. The molecule has 0 fully saturated rings. The molecule has 0 saturated heterocycles. The summed E-state index contributed by atoms with van der Waals surface area (Å²) >= 11 is 6.37. The molecule has 0 aliphatic heterocycles. The number of rotatable bonds is 10. The van der Waals surface area contributed by atoms with E-state index in [9.17, 15) is 22.4 Å². The third kappa shape index (κ3) is 7.02. The van der Waals surface area contributed by atoms with Crippen LogP contribution < -0.4 is 21.3 Å². The van der Waals surface area contributed by atoms with Gasteiger partial charge in [-0.1, -0.05) is 17.7 Å². The number of fused-ring (bicyclic) bond motifs is 1. The standard InChI is InChI=1S/C27H26ClF2N5O6S/c1-4-34-23-14-25(31-8-9-40-2)32-15-16(23)10-20(26(34)36)19-12-24(22(30)13-21(19)28)35(41-42(3,38)39)27(37)33-18-7-5-6-17(29)11-18/h5-7,10-15H,4,8-9H2,1-3H3,(H,31,32)(H,33,37). The molecule has 0 spiro atoms. The Morgan fingerprint density at radius 1 is 1.14 bits per heavy atom. The molecule has 4 rings (SSSR count). The second-order valence-corrected chi connectivity index (χ2v) is 10.9. The zero-order valence-electron chi connectivity index (χ0n) is 22.7. The Morgan fingerprint density at radius 2 is 1.90 bits per heavy atom. The van der Waals surface area contributed by atoms with E-state index in [4.69, 9.17) is 20.6 Å². The van der Waals surface area contributed by atoms with E-state index >= 15 is 4.39 Å². The van der Waals surface area contributed by atoms with Crippen LogP contribution in [-0.4, -0.2) is 50.5 Å². The van der Waals surface area contributed by atoms with Crippen LogP contribution in [0.25, 0.3) is 22.0 Å². The summed E-state index contributed by atoms with van der Waals surface area (Å²) in [5, 5.41) is 5.86. The first-order valence-corrected chi connectivity index (χ1v) is 14.6. The number of halogens is 3. The van der Waals surface area contributed by atoms with Crippen LogP contribution in [0, 0.1) is 11.6 Å². The summed E-state index contributed by atoms with van der Waals surface area (Å²) in [5.74, 6) is -1.29. The number of carbonyl (C=O) groups excluding carboxylic acids is 1. The summed E-state index contributed by atoms with van der Waals surface area (Å²) in [6.45, 7) is 2.97. The Hall–Kier alpha value is -4.11. The zero-order chi connectivity index (χ0) is 30.6. The van der Waals surface area contributed by atoms with Crippen molar-refractivity contribution in [1.82, 2.24) is 9.55 Å². The molecular weight excluding hydrogens is 596 g/mol. The van der Waals surface area contributed by atoms with Crippen molar-refractivity contribution in [3.05, 3.63) is 81.7 Å². The Balaban J connectivity index is 1.83. The molecule has 0 atom stereocenters. The molecule has 0 radical (unpaired) electrons. The molecule has 0 aliphatic rings. The van der Waals surface area contributed by atoms with Crippen LogP contribution >= 0.6 is 11.6 Å². The van der Waals surface area contributed by atoms with Gasteiger partial charge in [-0.05, 0) is 43.3 Å². The van der Waals surface area contributed by atoms with E-state index in [1.807, 2.05) is 0 Å². The maximum absolute atomic E-state index is 15.3. The van der Waals surface area contributed by atoms with Crippen molar-refractivity contribution in [1.29, 1.82) is 0 Å². The highest BCUT2D eigenvalue weighted by Gasteiger charge is 2.27. The van der Waals surface area contributed by atoms with Crippen LogP contribution in [-0.2, 0) is 25.7 Å². The molecule has 11 nitrogen and oxygen atoms in total. The Labute approximate surface area is 244 Å². The minimum atomic E-state index is -4.38. The predicted octanol–water partition coefficient (Wildman–Crippen LogP) is 5.00. The Morgan fingerprint density at radius 3 is 2.57 bits per heavy atom. The number of hydrogen-bond acceptors (Lipinski definition) is 8. The molecule has 15 heteroatoms.